The average Bonchev–Trinajstić information content (AvgIpc) is 2.73. The summed E-state index contributed by atoms with van der Waals surface area (Å²) in [6.45, 7) is 2.20. The Morgan fingerprint density at radius 2 is 2.00 bits per heavy atom. The van der Waals surface area contributed by atoms with Gasteiger partial charge < -0.3 is 9.73 Å². The highest BCUT2D eigenvalue weighted by Crippen LogP contribution is 2.22. The number of fused-ring (bicyclic) bond motifs is 1. The molecule has 0 amide bonds. The van der Waals surface area contributed by atoms with Crippen molar-refractivity contribution in [3.63, 3.8) is 0 Å². The predicted molar refractivity (Wildman–Crippen MR) is 80.3 cm³/mol. The smallest absolute Gasteiger partial charge is 0.408 e. The number of hydrogen-bond acceptors (Lipinski definition) is 3. The van der Waals surface area contributed by atoms with Crippen molar-refractivity contribution in [2.75, 3.05) is 5.32 Å². The second-order valence-electron chi connectivity index (χ2n) is 4.57. The summed E-state index contributed by atoms with van der Waals surface area (Å²) < 4.78 is 6.75. The van der Waals surface area contributed by atoms with Gasteiger partial charge in [-0.1, -0.05) is 29.8 Å². The molecule has 0 saturated carbocycles. The first kappa shape index (κ1) is 12.8. The first-order chi connectivity index (χ1) is 9.65. The summed E-state index contributed by atoms with van der Waals surface area (Å²) in [5.41, 5.74) is 3.06. The summed E-state index contributed by atoms with van der Waals surface area (Å²) >= 11 is 6.11. The number of benzene rings is 2. The molecule has 0 fully saturated rings. The number of rotatable bonds is 3. The van der Waals surface area contributed by atoms with Crippen LogP contribution in [0.25, 0.3) is 11.1 Å². The van der Waals surface area contributed by atoms with E-state index in [2.05, 4.69) is 5.32 Å². The van der Waals surface area contributed by atoms with Gasteiger partial charge in [0, 0.05) is 10.7 Å². The van der Waals surface area contributed by atoms with Gasteiger partial charge in [0.1, 0.15) is 0 Å². The third kappa shape index (κ3) is 2.30. The van der Waals surface area contributed by atoms with E-state index in [1.807, 2.05) is 37.3 Å². The number of nitrogens with one attached hydrogen (secondary N) is 1. The van der Waals surface area contributed by atoms with Crippen molar-refractivity contribution in [3.8, 4) is 0 Å². The van der Waals surface area contributed by atoms with E-state index in [0.29, 0.717) is 22.8 Å². The fourth-order valence-electron chi connectivity index (χ4n) is 2.06. The Balaban J connectivity index is 1.97. The molecule has 5 heteroatoms. The van der Waals surface area contributed by atoms with Crippen molar-refractivity contribution in [1.29, 1.82) is 0 Å². The first-order valence-corrected chi connectivity index (χ1v) is 6.61. The minimum absolute atomic E-state index is 0.329. The Morgan fingerprint density at radius 1 is 1.25 bits per heavy atom. The largest absolute Gasteiger partial charge is 0.421 e. The van der Waals surface area contributed by atoms with E-state index < -0.39 is 5.76 Å². The molecule has 4 nitrogen and oxygen atoms in total. The van der Waals surface area contributed by atoms with E-state index in [1.165, 1.54) is 4.57 Å². The number of hydrogen-bond donors (Lipinski definition) is 1. The molecule has 1 heterocycles. The number of aromatic nitrogens is 1. The quantitative estimate of drug-likeness (QED) is 0.800. The SMILES string of the molecule is Cc1cc2oc(=O)n(CNc3ccccc3)c2cc1Cl. The standard InChI is InChI=1S/C15H13ClN2O2/c1-10-7-14-13(8-12(10)16)18(15(19)20-14)9-17-11-5-3-2-4-6-11/h2-8,17H,9H2,1H3. The van der Waals surface area contributed by atoms with Crippen LogP contribution in [0.5, 0.6) is 0 Å². The number of anilines is 1. The molecule has 3 rings (SSSR count). The van der Waals surface area contributed by atoms with Crippen molar-refractivity contribution in [2.24, 2.45) is 0 Å². The second kappa shape index (κ2) is 5.06. The molecule has 0 bridgehead atoms. The van der Waals surface area contributed by atoms with Crippen LogP contribution in [0.4, 0.5) is 5.69 Å². The highest BCUT2D eigenvalue weighted by Gasteiger charge is 2.11. The van der Waals surface area contributed by atoms with Gasteiger partial charge >= 0.3 is 5.76 Å². The van der Waals surface area contributed by atoms with E-state index in [4.69, 9.17) is 16.0 Å². The topological polar surface area (TPSA) is 47.2 Å². The van der Waals surface area contributed by atoms with Gasteiger partial charge in [-0.05, 0) is 36.8 Å². The van der Waals surface area contributed by atoms with Gasteiger partial charge in [-0.3, -0.25) is 4.57 Å². The van der Waals surface area contributed by atoms with Gasteiger partial charge in [0.05, 0.1) is 12.2 Å². The van der Waals surface area contributed by atoms with Gasteiger partial charge in [0.2, 0.25) is 0 Å². The van der Waals surface area contributed by atoms with Crippen LogP contribution < -0.4 is 11.1 Å². The minimum Gasteiger partial charge on any atom is -0.408 e. The van der Waals surface area contributed by atoms with Gasteiger partial charge in [-0.25, -0.2) is 4.79 Å². The molecular weight excluding hydrogens is 276 g/mol. The highest BCUT2D eigenvalue weighted by molar-refractivity contribution is 6.32. The van der Waals surface area contributed by atoms with E-state index in [-0.39, 0.29) is 0 Å². The van der Waals surface area contributed by atoms with Crippen molar-refractivity contribution < 1.29 is 4.42 Å². The maximum Gasteiger partial charge on any atom is 0.421 e. The van der Waals surface area contributed by atoms with Crippen LogP contribution in [-0.2, 0) is 6.67 Å². The van der Waals surface area contributed by atoms with Crippen molar-refractivity contribution in [2.45, 2.75) is 13.6 Å². The zero-order chi connectivity index (χ0) is 14.1. The first-order valence-electron chi connectivity index (χ1n) is 6.23. The van der Waals surface area contributed by atoms with E-state index in [1.54, 1.807) is 12.1 Å². The third-order valence-electron chi connectivity index (χ3n) is 3.16. The summed E-state index contributed by atoms with van der Waals surface area (Å²) in [5, 5.41) is 3.79. The lowest BCUT2D eigenvalue weighted by molar-refractivity contribution is 0.515. The predicted octanol–water partition coefficient (Wildman–Crippen LogP) is 3.63. The Bertz CT molecular complexity index is 806. The second-order valence-corrected chi connectivity index (χ2v) is 4.97. The van der Waals surface area contributed by atoms with Crippen molar-refractivity contribution in [1.82, 2.24) is 4.57 Å². The maximum atomic E-state index is 11.9. The molecule has 0 aliphatic rings. The summed E-state index contributed by atoms with van der Waals surface area (Å²) in [6, 6.07) is 13.2. The Hall–Kier alpha value is -2.20. The van der Waals surface area contributed by atoms with Crippen LogP contribution in [0.2, 0.25) is 5.02 Å². The average molecular weight is 289 g/mol. The fourth-order valence-corrected chi connectivity index (χ4v) is 2.22. The van der Waals surface area contributed by atoms with Gasteiger partial charge in [0.25, 0.3) is 0 Å². The van der Waals surface area contributed by atoms with Crippen LogP contribution in [0, 0.1) is 6.92 Å². The molecule has 1 N–H and O–H groups in total. The lowest BCUT2D eigenvalue weighted by Crippen LogP contribution is -2.19. The molecule has 0 aliphatic carbocycles. The lowest BCUT2D eigenvalue weighted by atomic mass is 10.2. The summed E-state index contributed by atoms with van der Waals surface area (Å²) in [7, 11) is 0. The Kier molecular flexibility index (Phi) is 3.24. The van der Waals surface area contributed by atoms with Crippen LogP contribution >= 0.6 is 11.6 Å². The summed E-state index contributed by atoms with van der Waals surface area (Å²) in [4.78, 5) is 11.9. The van der Waals surface area contributed by atoms with Crippen LogP contribution in [-0.4, -0.2) is 4.57 Å². The molecule has 0 spiro atoms. The van der Waals surface area contributed by atoms with Crippen molar-refractivity contribution >= 4 is 28.4 Å². The normalized spacial score (nSPS) is 10.9. The molecule has 0 saturated heterocycles. The van der Waals surface area contributed by atoms with Crippen LogP contribution in [0.3, 0.4) is 0 Å². The van der Waals surface area contributed by atoms with E-state index in [0.717, 1.165) is 11.3 Å². The molecule has 0 unspecified atom stereocenters. The Labute approximate surface area is 120 Å². The fraction of sp³-hybridized carbons (Fsp3) is 0.133. The molecular formula is C15H13ClN2O2. The highest BCUT2D eigenvalue weighted by atomic mass is 35.5. The zero-order valence-corrected chi connectivity index (χ0v) is 11.6. The molecule has 20 heavy (non-hydrogen) atoms. The Morgan fingerprint density at radius 3 is 2.75 bits per heavy atom. The molecule has 1 aromatic heterocycles. The zero-order valence-electron chi connectivity index (χ0n) is 10.9. The van der Waals surface area contributed by atoms with Gasteiger partial charge in [-0.15, -0.1) is 0 Å². The van der Waals surface area contributed by atoms with E-state index >= 15 is 0 Å². The summed E-state index contributed by atoms with van der Waals surface area (Å²) in [5.74, 6) is -0.398. The number of halogens is 1. The van der Waals surface area contributed by atoms with Crippen LogP contribution in [0.15, 0.2) is 51.7 Å². The maximum absolute atomic E-state index is 11.9. The summed E-state index contributed by atoms with van der Waals surface area (Å²) in [6.07, 6.45) is 0. The number of aryl methyl sites for hydroxylation is 1. The minimum atomic E-state index is -0.398. The monoisotopic (exact) mass is 288 g/mol. The lowest BCUT2D eigenvalue weighted by Gasteiger charge is -2.07. The van der Waals surface area contributed by atoms with Crippen LogP contribution in [0.1, 0.15) is 5.56 Å². The van der Waals surface area contributed by atoms with Gasteiger partial charge in [-0.2, -0.15) is 0 Å². The number of oxazole rings is 1. The molecule has 0 radical (unpaired) electrons. The van der Waals surface area contributed by atoms with Gasteiger partial charge in [0.15, 0.2) is 5.58 Å². The molecule has 0 aliphatic heterocycles. The van der Waals surface area contributed by atoms with E-state index in [9.17, 15) is 4.79 Å². The number of nitrogens with zero attached hydrogens (tertiary/aromatic N) is 1. The van der Waals surface area contributed by atoms with Crippen molar-refractivity contribution in [3.05, 3.63) is 63.6 Å². The molecule has 0 atom stereocenters. The molecule has 2 aromatic carbocycles. The third-order valence-corrected chi connectivity index (χ3v) is 3.57. The molecule has 102 valence electrons. The molecule has 3 aromatic rings. The number of para-hydroxylation sites is 1.